The highest BCUT2D eigenvalue weighted by Crippen LogP contribution is 2.46. The predicted molar refractivity (Wildman–Crippen MR) is 109 cm³/mol. The van der Waals surface area contributed by atoms with Crippen LogP contribution in [0.2, 0.25) is 0 Å². The smallest absolute Gasteiger partial charge is 0.330 e. The fourth-order valence-corrected chi connectivity index (χ4v) is 5.34. The summed E-state index contributed by atoms with van der Waals surface area (Å²) in [6.07, 6.45) is 0. The Balaban J connectivity index is 1.77. The van der Waals surface area contributed by atoms with Crippen LogP contribution in [0.4, 0.5) is 11.4 Å². The third-order valence-electron chi connectivity index (χ3n) is 5.37. The lowest BCUT2D eigenvalue weighted by atomic mass is 9.44. The minimum atomic E-state index is 0.252. The molecule has 0 saturated heterocycles. The molecule has 0 atom stereocenters. The Morgan fingerprint density at radius 3 is 2.08 bits per heavy atom. The molecule has 0 aliphatic carbocycles. The summed E-state index contributed by atoms with van der Waals surface area (Å²) in [6.45, 7) is 0.252. The summed E-state index contributed by atoms with van der Waals surface area (Å²) in [6, 6.07) is 28.8. The van der Waals surface area contributed by atoms with Crippen LogP contribution < -0.4 is 15.7 Å². The molecule has 0 fully saturated rings. The molecular formula is C22H14BNS. The van der Waals surface area contributed by atoms with E-state index in [4.69, 9.17) is 0 Å². The molecule has 1 aromatic heterocycles. The average Bonchev–Trinajstić information content (AvgIpc) is 3.17. The van der Waals surface area contributed by atoms with Gasteiger partial charge in [-0.1, -0.05) is 66.7 Å². The van der Waals surface area contributed by atoms with Gasteiger partial charge in [-0.15, -0.1) is 11.3 Å². The van der Waals surface area contributed by atoms with Crippen molar-refractivity contribution in [1.82, 2.24) is 0 Å². The Bertz CT molecular complexity index is 1130. The van der Waals surface area contributed by atoms with Crippen LogP contribution in [0.25, 0.3) is 21.6 Å². The zero-order chi connectivity index (χ0) is 16.4. The van der Waals surface area contributed by atoms with E-state index in [1.807, 2.05) is 11.3 Å². The van der Waals surface area contributed by atoms with Crippen molar-refractivity contribution in [2.45, 2.75) is 0 Å². The van der Waals surface area contributed by atoms with Crippen LogP contribution in [0.1, 0.15) is 0 Å². The van der Waals surface area contributed by atoms with Crippen molar-refractivity contribution in [2.75, 3.05) is 4.81 Å². The lowest BCUT2D eigenvalue weighted by Gasteiger charge is -2.42. The molecule has 3 heterocycles. The number of fused-ring (bicyclic) bond motifs is 11. The highest BCUT2D eigenvalue weighted by Gasteiger charge is 2.42. The molecule has 2 aliphatic heterocycles. The Hall–Kier alpha value is -2.78. The molecular weight excluding hydrogens is 321 g/mol. The average molecular weight is 335 g/mol. The van der Waals surface area contributed by atoms with E-state index in [0.717, 1.165) is 0 Å². The van der Waals surface area contributed by atoms with Gasteiger partial charge in [0.05, 0.1) is 0 Å². The number of para-hydroxylation sites is 2. The van der Waals surface area contributed by atoms with Crippen LogP contribution in [0.3, 0.4) is 0 Å². The fourth-order valence-electron chi connectivity index (χ4n) is 4.37. The molecule has 3 aromatic carbocycles. The Morgan fingerprint density at radius 2 is 1.24 bits per heavy atom. The van der Waals surface area contributed by atoms with E-state index in [0.29, 0.717) is 0 Å². The Morgan fingerprint density at radius 1 is 0.600 bits per heavy atom. The molecule has 0 saturated carbocycles. The van der Waals surface area contributed by atoms with Crippen molar-refractivity contribution in [1.29, 1.82) is 0 Å². The van der Waals surface area contributed by atoms with Gasteiger partial charge in [0.2, 0.25) is 0 Å². The maximum Gasteiger partial charge on any atom is 0.330 e. The largest absolute Gasteiger partial charge is 0.376 e. The highest BCUT2D eigenvalue weighted by molar-refractivity contribution is 7.17. The maximum atomic E-state index is 2.53. The molecule has 0 spiro atoms. The Labute approximate surface area is 151 Å². The lowest BCUT2D eigenvalue weighted by molar-refractivity contribution is 1.36. The predicted octanol–water partition coefficient (Wildman–Crippen LogP) is 4.65. The first-order chi connectivity index (χ1) is 12.4. The van der Waals surface area contributed by atoms with E-state index < -0.39 is 0 Å². The second-order valence-electron chi connectivity index (χ2n) is 6.60. The number of anilines is 2. The van der Waals surface area contributed by atoms with E-state index in [2.05, 4.69) is 89.1 Å². The van der Waals surface area contributed by atoms with Crippen LogP contribution in [0.5, 0.6) is 0 Å². The van der Waals surface area contributed by atoms with Gasteiger partial charge >= 0.3 is 6.85 Å². The molecule has 1 nitrogen and oxygen atoms in total. The standard InChI is InChI=1S/C22H14BNS/c1-4-10-18-15(7-1)16-8-2-5-11-20(16)24-21-12-6-3-9-17(21)22-19(23(18)24)13-14-25-22/h1-14H. The molecule has 25 heavy (non-hydrogen) atoms. The fraction of sp³-hybridized carbons (Fsp3) is 0. The van der Waals surface area contributed by atoms with Crippen molar-refractivity contribution in [2.24, 2.45) is 0 Å². The van der Waals surface area contributed by atoms with E-state index in [-0.39, 0.29) is 6.85 Å². The van der Waals surface area contributed by atoms with Crippen LogP contribution >= 0.6 is 11.3 Å². The first-order valence-corrected chi connectivity index (χ1v) is 9.46. The van der Waals surface area contributed by atoms with Gasteiger partial charge in [0.25, 0.3) is 0 Å². The zero-order valence-corrected chi connectivity index (χ0v) is 14.3. The molecule has 3 heteroatoms. The number of rotatable bonds is 0. The van der Waals surface area contributed by atoms with Crippen molar-refractivity contribution >= 4 is 40.5 Å². The maximum absolute atomic E-state index is 2.53. The molecule has 0 N–H and O–H groups in total. The summed E-state index contributed by atoms with van der Waals surface area (Å²) in [5.41, 5.74) is 9.46. The molecule has 116 valence electrons. The molecule has 4 aromatic rings. The zero-order valence-electron chi connectivity index (χ0n) is 13.5. The van der Waals surface area contributed by atoms with Gasteiger partial charge < -0.3 is 4.81 Å². The van der Waals surface area contributed by atoms with E-state index in [1.54, 1.807) is 0 Å². The number of thiophene rings is 1. The van der Waals surface area contributed by atoms with Gasteiger partial charge in [-0.25, -0.2) is 0 Å². The van der Waals surface area contributed by atoms with Crippen LogP contribution in [0.15, 0.2) is 84.2 Å². The van der Waals surface area contributed by atoms with Crippen LogP contribution in [-0.4, -0.2) is 6.85 Å². The van der Waals surface area contributed by atoms with Gasteiger partial charge in [0.1, 0.15) is 0 Å². The Kier molecular flexibility index (Phi) is 2.63. The first kappa shape index (κ1) is 13.5. The number of hydrogen-bond acceptors (Lipinski definition) is 2. The number of hydrogen-bond donors (Lipinski definition) is 0. The van der Waals surface area contributed by atoms with Gasteiger partial charge in [0, 0.05) is 27.4 Å². The second-order valence-corrected chi connectivity index (χ2v) is 7.52. The summed E-state index contributed by atoms with van der Waals surface area (Å²) in [5.74, 6) is 0. The van der Waals surface area contributed by atoms with Crippen molar-refractivity contribution in [3.05, 3.63) is 84.2 Å². The molecule has 2 aliphatic rings. The van der Waals surface area contributed by atoms with Crippen LogP contribution in [0, 0.1) is 0 Å². The minimum Gasteiger partial charge on any atom is -0.376 e. The summed E-state index contributed by atoms with van der Waals surface area (Å²) in [4.78, 5) is 3.94. The van der Waals surface area contributed by atoms with Gasteiger partial charge in [-0.2, -0.15) is 0 Å². The van der Waals surface area contributed by atoms with E-state index in [1.165, 1.54) is 43.9 Å². The monoisotopic (exact) mass is 335 g/mol. The van der Waals surface area contributed by atoms with Crippen molar-refractivity contribution < 1.29 is 0 Å². The van der Waals surface area contributed by atoms with Crippen molar-refractivity contribution in [3.63, 3.8) is 0 Å². The van der Waals surface area contributed by atoms with Crippen LogP contribution in [-0.2, 0) is 0 Å². The van der Waals surface area contributed by atoms with Gasteiger partial charge in [0.15, 0.2) is 0 Å². The molecule has 6 rings (SSSR count). The van der Waals surface area contributed by atoms with E-state index in [9.17, 15) is 0 Å². The molecule has 0 amide bonds. The summed E-state index contributed by atoms with van der Waals surface area (Å²) in [5, 5.41) is 2.23. The van der Waals surface area contributed by atoms with E-state index >= 15 is 0 Å². The summed E-state index contributed by atoms with van der Waals surface area (Å²) < 4.78 is 0. The quantitative estimate of drug-likeness (QED) is 0.423. The molecule has 0 unspecified atom stereocenters. The molecule has 0 bridgehead atoms. The highest BCUT2D eigenvalue weighted by atomic mass is 32.1. The second kappa shape index (κ2) is 4.87. The van der Waals surface area contributed by atoms with Gasteiger partial charge in [-0.05, 0) is 34.0 Å². The topological polar surface area (TPSA) is 3.24 Å². The third-order valence-corrected chi connectivity index (χ3v) is 6.33. The minimum absolute atomic E-state index is 0.252. The summed E-state index contributed by atoms with van der Waals surface area (Å²) in [7, 11) is 0. The van der Waals surface area contributed by atoms with Crippen molar-refractivity contribution in [3.8, 4) is 21.6 Å². The number of nitrogens with zero attached hydrogens (tertiary/aromatic N) is 1. The first-order valence-electron chi connectivity index (χ1n) is 8.58. The summed E-state index contributed by atoms with van der Waals surface area (Å²) >= 11 is 1.85. The lowest BCUT2D eigenvalue weighted by Crippen LogP contribution is -2.59. The normalized spacial score (nSPS) is 13.4. The van der Waals surface area contributed by atoms with Gasteiger partial charge in [-0.3, -0.25) is 0 Å². The third kappa shape index (κ3) is 1.69. The molecule has 0 radical (unpaired) electrons. The number of benzene rings is 3. The SMILES string of the molecule is c1ccc2c(c1)B1c3ccsc3-c3ccccc3N1c1ccccc1-2.